The van der Waals surface area contributed by atoms with Crippen LogP contribution in [0.2, 0.25) is 0 Å². The van der Waals surface area contributed by atoms with Gasteiger partial charge >= 0.3 is 0 Å². The highest BCUT2D eigenvalue weighted by molar-refractivity contribution is 6.46. The van der Waals surface area contributed by atoms with E-state index in [4.69, 9.17) is 9.47 Å². The van der Waals surface area contributed by atoms with E-state index in [1.165, 1.54) is 0 Å². The lowest BCUT2D eigenvalue weighted by Crippen LogP contribution is -2.32. The van der Waals surface area contributed by atoms with Gasteiger partial charge in [-0.05, 0) is 87.6 Å². The van der Waals surface area contributed by atoms with Crippen LogP contribution in [0.4, 0.5) is 0 Å². The number of rotatable bonds is 11. The molecule has 0 aliphatic carbocycles. The van der Waals surface area contributed by atoms with Crippen molar-refractivity contribution in [2.45, 2.75) is 25.8 Å². The van der Waals surface area contributed by atoms with Crippen LogP contribution in [-0.2, 0) is 9.59 Å². The van der Waals surface area contributed by atoms with Crippen LogP contribution >= 0.6 is 0 Å². The number of hydrogen-bond donors (Lipinski definition) is 1. The molecule has 1 N–H and O–H groups in total. The molecule has 0 spiro atoms. The largest absolute Gasteiger partial charge is 0.507 e. The van der Waals surface area contributed by atoms with Crippen LogP contribution in [0.3, 0.4) is 0 Å². The molecule has 1 aliphatic rings. The lowest BCUT2D eigenvalue weighted by atomic mass is 9.95. The zero-order chi connectivity index (χ0) is 27.1. The van der Waals surface area contributed by atoms with E-state index in [1.54, 1.807) is 29.2 Å². The molecular weight excluding hydrogens is 480 g/mol. The minimum absolute atomic E-state index is 0.0685. The number of likely N-dealkylation sites (tertiary alicyclic amines) is 1. The topological polar surface area (TPSA) is 79.3 Å². The van der Waals surface area contributed by atoms with Gasteiger partial charge in [-0.25, -0.2) is 0 Å². The summed E-state index contributed by atoms with van der Waals surface area (Å²) in [6.07, 6.45) is 1.56. The number of Topliss-reactive ketones (excluding diaryl/α,β-unsaturated/α-hetero) is 1. The lowest BCUT2D eigenvalue weighted by Gasteiger charge is -2.26. The van der Waals surface area contributed by atoms with Gasteiger partial charge in [0.1, 0.15) is 23.0 Å². The van der Waals surface area contributed by atoms with Crippen molar-refractivity contribution in [2.24, 2.45) is 0 Å². The molecular formula is C31H34N2O5. The van der Waals surface area contributed by atoms with Crippen molar-refractivity contribution in [3.8, 4) is 17.2 Å². The van der Waals surface area contributed by atoms with Gasteiger partial charge in [0.15, 0.2) is 0 Å². The van der Waals surface area contributed by atoms with Gasteiger partial charge in [0.2, 0.25) is 0 Å². The zero-order valence-electron chi connectivity index (χ0n) is 22.1. The van der Waals surface area contributed by atoms with Gasteiger partial charge in [-0.2, -0.15) is 0 Å². The van der Waals surface area contributed by atoms with Crippen LogP contribution < -0.4 is 9.47 Å². The smallest absolute Gasteiger partial charge is 0.295 e. The van der Waals surface area contributed by atoms with Crippen LogP contribution in [0.1, 0.15) is 36.9 Å². The van der Waals surface area contributed by atoms with E-state index < -0.39 is 17.7 Å². The van der Waals surface area contributed by atoms with Crippen LogP contribution in [-0.4, -0.2) is 60.4 Å². The monoisotopic (exact) mass is 514 g/mol. The predicted octanol–water partition coefficient (Wildman–Crippen LogP) is 5.64. The van der Waals surface area contributed by atoms with Crippen molar-refractivity contribution >= 4 is 17.4 Å². The molecule has 38 heavy (non-hydrogen) atoms. The lowest BCUT2D eigenvalue weighted by molar-refractivity contribution is -0.139. The number of carbonyl (C=O) groups excluding carboxylic acids is 2. The summed E-state index contributed by atoms with van der Waals surface area (Å²) in [5.41, 5.74) is 1.20. The number of amides is 1. The Bertz CT molecular complexity index is 1290. The second-order valence-electron chi connectivity index (χ2n) is 9.51. The Labute approximate surface area is 223 Å². The summed E-state index contributed by atoms with van der Waals surface area (Å²) in [4.78, 5) is 30.1. The van der Waals surface area contributed by atoms with Crippen molar-refractivity contribution in [3.63, 3.8) is 0 Å². The highest BCUT2D eigenvalue weighted by Gasteiger charge is 2.45. The Balaban J connectivity index is 1.73. The van der Waals surface area contributed by atoms with E-state index in [9.17, 15) is 14.7 Å². The highest BCUT2D eigenvalue weighted by Crippen LogP contribution is 2.40. The van der Waals surface area contributed by atoms with Crippen LogP contribution in [0, 0.1) is 0 Å². The molecule has 3 aromatic rings. The van der Waals surface area contributed by atoms with Gasteiger partial charge in [-0.3, -0.25) is 9.59 Å². The Morgan fingerprint density at radius 2 is 1.63 bits per heavy atom. The summed E-state index contributed by atoms with van der Waals surface area (Å²) in [7, 11) is 3.92. The number of nitrogens with zero attached hydrogens (tertiary/aromatic N) is 2. The number of ketones is 1. The Hall–Kier alpha value is -4.10. The first-order chi connectivity index (χ1) is 18.4. The third kappa shape index (κ3) is 6.23. The fraction of sp³-hybridized carbons (Fsp3) is 0.290. The second kappa shape index (κ2) is 12.4. The molecule has 4 rings (SSSR count). The van der Waals surface area contributed by atoms with E-state index in [0.717, 1.165) is 13.0 Å². The minimum atomic E-state index is -0.743. The Morgan fingerprint density at radius 1 is 0.921 bits per heavy atom. The number of hydrogen-bond acceptors (Lipinski definition) is 6. The molecule has 1 atom stereocenters. The summed E-state index contributed by atoms with van der Waals surface area (Å²) in [5, 5.41) is 11.3. The third-order valence-electron chi connectivity index (χ3n) is 6.30. The normalized spacial score (nSPS) is 16.7. The summed E-state index contributed by atoms with van der Waals surface area (Å²) in [6.45, 7) is 3.74. The van der Waals surface area contributed by atoms with E-state index >= 15 is 0 Å². The number of carbonyl (C=O) groups is 2. The minimum Gasteiger partial charge on any atom is -0.507 e. The molecule has 7 heteroatoms. The predicted molar refractivity (Wildman–Crippen MR) is 147 cm³/mol. The third-order valence-corrected chi connectivity index (χ3v) is 6.30. The van der Waals surface area contributed by atoms with E-state index in [1.807, 2.05) is 80.5 Å². The molecule has 1 heterocycles. The van der Waals surface area contributed by atoms with Gasteiger partial charge in [0.05, 0.1) is 18.2 Å². The number of aliphatic hydroxyl groups excluding tert-OH is 1. The van der Waals surface area contributed by atoms with E-state index in [-0.39, 0.29) is 11.3 Å². The summed E-state index contributed by atoms with van der Waals surface area (Å²) in [5.74, 6) is 0.403. The van der Waals surface area contributed by atoms with Gasteiger partial charge in [0, 0.05) is 12.1 Å². The first-order valence-electron chi connectivity index (χ1n) is 12.9. The van der Waals surface area contributed by atoms with Gasteiger partial charge < -0.3 is 24.4 Å². The maximum atomic E-state index is 13.3. The summed E-state index contributed by atoms with van der Waals surface area (Å²) >= 11 is 0. The Morgan fingerprint density at radius 3 is 2.32 bits per heavy atom. The second-order valence-corrected chi connectivity index (χ2v) is 9.51. The summed E-state index contributed by atoms with van der Waals surface area (Å²) in [6, 6.07) is 22.9. The van der Waals surface area contributed by atoms with E-state index in [0.29, 0.717) is 47.9 Å². The molecule has 1 amide bonds. The van der Waals surface area contributed by atoms with Gasteiger partial charge in [-0.15, -0.1) is 0 Å². The molecule has 0 aromatic heterocycles. The van der Waals surface area contributed by atoms with Crippen molar-refractivity contribution < 1.29 is 24.2 Å². The first-order valence-corrected chi connectivity index (χ1v) is 12.9. The number of para-hydroxylation sites is 1. The SMILES string of the molecule is CCCOc1ccc(/C(O)=C2/C(=O)C(=O)N(CCCN(C)C)C2c2cccc(Oc3ccccc3)c2)cc1. The number of aliphatic hydroxyl groups is 1. The molecule has 3 aromatic carbocycles. The maximum Gasteiger partial charge on any atom is 0.295 e. The molecule has 0 saturated carbocycles. The quantitative estimate of drug-likeness (QED) is 0.203. The maximum absolute atomic E-state index is 13.3. The van der Waals surface area contributed by atoms with Crippen LogP contribution in [0.15, 0.2) is 84.4 Å². The molecule has 1 fully saturated rings. The number of ether oxygens (including phenoxy) is 2. The average molecular weight is 515 g/mol. The average Bonchev–Trinajstić information content (AvgIpc) is 3.17. The standard InChI is InChI=1S/C31H34N2O5/c1-4-20-37-24-16-14-22(15-17-24)29(34)27-28(33(31(36)30(27)35)19-9-18-32(2)3)23-10-8-13-26(21-23)38-25-11-6-5-7-12-25/h5-8,10-17,21,28,34H,4,9,18-20H2,1-3H3/b29-27-. The van der Waals surface area contributed by atoms with Crippen LogP contribution in [0.5, 0.6) is 17.2 Å². The molecule has 198 valence electrons. The molecule has 7 nitrogen and oxygen atoms in total. The van der Waals surface area contributed by atoms with Crippen molar-refractivity contribution in [1.82, 2.24) is 9.80 Å². The zero-order valence-corrected chi connectivity index (χ0v) is 22.1. The molecule has 1 unspecified atom stereocenters. The fourth-order valence-corrected chi connectivity index (χ4v) is 4.47. The molecule has 1 saturated heterocycles. The van der Waals surface area contributed by atoms with Crippen molar-refractivity contribution in [2.75, 3.05) is 33.8 Å². The fourth-order valence-electron chi connectivity index (χ4n) is 4.47. The summed E-state index contributed by atoms with van der Waals surface area (Å²) < 4.78 is 11.7. The molecule has 1 aliphatic heterocycles. The molecule has 0 radical (unpaired) electrons. The van der Waals surface area contributed by atoms with Crippen molar-refractivity contribution in [3.05, 3.63) is 95.6 Å². The number of benzene rings is 3. The molecule has 0 bridgehead atoms. The van der Waals surface area contributed by atoms with E-state index in [2.05, 4.69) is 0 Å². The first kappa shape index (κ1) is 26.9. The highest BCUT2D eigenvalue weighted by atomic mass is 16.5. The van der Waals surface area contributed by atoms with Gasteiger partial charge in [0.25, 0.3) is 11.7 Å². The van der Waals surface area contributed by atoms with Crippen LogP contribution in [0.25, 0.3) is 5.76 Å². The van der Waals surface area contributed by atoms with Gasteiger partial charge in [-0.1, -0.05) is 37.3 Å². The Kier molecular flexibility index (Phi) is 8.81. The van der Waals surface area contributed by atoms with Crippen molar-refractivity contribution in [1.29, 1.82) is 0 Å².